The zero-order chi connectivity index (χ0) is 16.7. The Morgan fingerprint density at radius 3 is 2.57 bits per heavy atom. The monoisotopic (exact) mass is 335 g/mol. The molecule has 0 radical (unpaired) electrons. The predicted molar refractivity (Wildman–Crippen MR) is 84.6 cm³/mol. The molecule has 2 rings (SSSR count). The van der Waals surface area contributed by atoms with E-state index in [1.165, 1.54) is 35.1 Å². The van der Waals surface area contributed by atoms with Gasteiger partial charge in [-0.05, 0) is 18.2 Å². The second-order valence-electron chi connectivity index (χ2n) is 4.82. The Balaban J connectivity index is 1.80. The SMILES string of the molecule is O=C(CCS(=O)(=O)c1ccccc1)NCCn1ncccc1=O. The molecule has 1 amide bonds. The van der Waals surface area contributed by atoms with Crippen molar-refractivity contribution in [3.63, 3.8) is 0 Å². The summed E-state index contributed by atoms with van der Waals surface area (Å²) < 4.78 is 25.3. The van der Waals surface area contributed by atoms with Gasteiger partial charge in [-0.2, -0.15) is 5.10 Å². The van der Waals surface area contributed by atoms with Gasteiger partial charge < -0.3 is 5.32 Å². The quantitative estimate of drug-likeness (QED) is 0.781. The van der Waals surface area contributed by atoms with Crippen LogP contribution >= 0.6 is 0 Å². The Morgan fingerprint density at radius 2 is 1.87 bits per heavy atom. The molecule has 0 bridgehead atoms. The molecule has 0 atom stereocenters. The Hall–Kier alpha value is -2.48. The Morgan fingerprint density at radius 1 is 1.13 bits per heavy atom. The number of aromatic nitrogens is 2. The van der Waals surface area contributed by atoms with Crippen molar-refractivity contribution in [3.8, 4) is 0 Å². The van der Waals surface area contributed by atoms with E-state index in [0.29, 0.717) is 0 Å². The lowest BCUT2D eigenvalue weighted by Crippen LogP contribution is -2.32. The number of sulfone groups is 1. The largest absolute Gasteiger partial charge is 0.354 e. The number of amides is 1. The van der Waals surface area contributed by atoms with Crippen LogP contribution < -0.4 is 10.9 Å². The van der Waals surface area contributed by atoms with Crippen LogP contribution in [0.3, 0.4) is 0 Å². The van der Waals surface area contributed by atoms with Crippen LogP contribution in [-0.4, -0.2) is 36.4 Å². The molecular weight excluding hydrogens is 318 g/mol. The number of rotatable bonds is 7. The van der Waals surface area contributed by atoms with E-state index in [0.717, 1.165) is 0 Å². The Bertz CT molecular complexity index is 816. The molecule has 0 saturated carbocycles. The third-order valence-corrected chi connectivity index (χ3v) is 4.86. The summed E-state index contributed by atoms with van der Waals surface area (Å²) in [7, 11) is -3.47. The second kappa shape index (κ2) is 7.68. The van der Waals surface area contributed by atoms with Crippen molar-refractivity contribution in [1.29, 1.82) is 0 Å². The molecule has 23 heavy (non-hydrogen) atoms. The third-order valence-electron chi connectivity index (χ3n) is 3.13. The fourth-order valence-electron chi connectivity index (χ4n) is 1.92. The average molecular weight is 335 g/mol. The molecule has 1 heterocycles. The maximum Gasteiger partial charge on any atom is 0.266 e. The van der Waals surface area contributed by atoms with Gasteiger partial charge in [-0.15, -0.1) is 0 Å². The highest BCUT2D eigenvalue weighted by Crippen LogP contribution is 2.10. The fourth-order valence-corrected chi connectivity index (χ4v) is 3.18. The van der Waals surface area contributed by atoms with E-state index < -0.39 is 9.84 Å². The van der Waals surface area contributed by atoms with E-state index in [2.05, 4.69) is 10.4 Å². The van der Waals surface area contributed by atoms with Crippen LogP contribution in [-0.2, 0) is 21.2 Å². The first-order valence-corrected chi connectivity index (χ1v) is 8.71. The summed E-state index contributed by atoms with van der Waals surface area (Å²) in [5, 5.41) is 6.44. The molecule has 122 valence electrons. The van der Waals surface area contributed by atoms with Gasteiger partial charge in [0.2, 0.25) is 5.91 Å². The van der Waals surface area contributed by atoms with Crippen molar-refractivity contribution in [3.05, 3.63) is 59.0 Å². The minimum absolute atomic E-state index is 0.131. The summed E-state index contributed by atoms with van der Waals surface area (Å²) in [6.07, 6.45) is 1.35. The summed E-state index contributed by atoms with van der Waals surface area (Å²) in [6, 6.07) is 10.9. The van der Waals surface area contributed by atoms with Crippen molar-refractivity contribution in [2.75, 3.05) is 12.3 Å². The maximum absolute atomic E-state index is 12.0. The highest BCUT2D eigenvalue weighted by molar-refractivity contribution is 7.91. The molecular formula is C15H17N3O4S. The number of nitrogens with zero attached hydrogens (tertiary/aromatic N) is 2. The lowest BCUT2D eigenvalue weighted by molar-refractivity contribution is -0.120. The van der Waals surface area contributed by atoms with Crippen molar-refractivity contribution in [1.82, 2.24) is 15.1 Å². The normalized spacial score (nSPS) is 11.1. The Kier molecular flexibility index (Phi) is 5.64. The highest BCUT2D eigenvalue weighted by atomic mass is 32.2. The first-order valence-electron chi connectivity index (χ1n) is 7.06. The van der Waals surface area contributed by atoms with Gasteiger partial charge in [0.05, 0.1) is 17.2 Å². The van der Waals surface area contributed by atoms with Gasteiger partial charge in [0, 0.05) is 25.2 Å². The highest BCUT2D eigenvalue weighted by Gasteiger charge is 2.15. The van der Waals surface area contributed by atoms with Crippen LogP contribution in [0.2, 0.25) is 0 Å². The predicted octanol–water partition coefficient (Wildman–Crippen LogP) is 0.223. The molecule has 0 spiro atoms. The summed E-state index contributed by atoms with van der Waals surface area (Å²) in [4.78, 5) is 23.3. The van der Waals surface area contributed by atoms with E-state index >= 15 is 0 Å². The minimum atomic E-state index is -3.47. The van der Waals surface area contributed by atoms with Gasteiger partial charge in [-0.25, -0.2) is 13.1 Å². The van der Waals surface area contributed by atoms with E-state index in [-0.39, 0.29) is 41.6 Å². The maximum atomic E-state index is 12.0. The lowest BCUT2D eigenvalue weighted by Gasteiger charge is -2.07. The van der Waals surface area contributed by atoms with Gasteiger partial charge in [-0.3, -0.25) is 9.59 Å². The topological polar surface area (TPSA) is 98.1 Å². The molecule has 1 aromatic carbocycles. The molecule has 0 aliphatic heterocycles. The van der Waals surface area contributed by atoms with Gasteiger partial charge in [-0.1, -0.05) is 18.2 Å². The van der Waals surface area contributed by atoms with Gasteiger partial charge in [0.1, 0.15) is 0 Å². The van der Waals surface area contributed by atoms with E-state index in [4.69, 9.17) is 0 Å². The first kappa shape index (κ1) is 16.9. The van der Waals surface area contributed by atoms with Crippen LogP contribution in [0.1, 0.15) is 6.42 Å². The number of hydrogen-bond donors (Lipinski definition) is 1. The molecule has 1 aromatic heterocycles. The summed E-state index contributed by atoms with van der Waals surface area (Å²) >= 11 is 0. The number of benzene rings is 1. The van der Waals surface area contributed by atoms with Crippen molar-refractivity contribution in [2.24, 2.45) is 0 Å². The standard InChI is InChI=1S/C15H17N3O4S/c19-14(16-10-11-18-15(20)7-4-9-17-18)8-12-23(21,22)13-5-2-1-3-6-13/h1-7,9H,8,10-12H2,(H,16,19). The summed E-state index contributed by atoms with van der Waals surface area (Å²) in [5.74, 6) is -0.639. The van der Waals surface area contributed by atoms with Crippen molar-refractivity contribution >= 4 is 15.7 Å². The molecule has 7 nitrogen and oxygen atoms in total. The number of nitrogens with one attached hydrogen (secondary N) is 1. The summed E-state index contributed by atoms with van der Waals surface area (Å²) in [6.45, 7) is 0.442. The molecule has 0 aliphatic rings. The van der Waals surface area contributed by atoms with Gasteiger partial charge in [0.15, 0.2) is 9.84 Å². The molecule has 1 N–H and O–H groups in total. The van der Waals surface area contributed by atoms with Gasteiger partial charge in [0.25, 0.3) is 5.56 Å². The number of hydrogen-bond acceptors (Lipinski definition) is 5. The lowest BCUT2D eigenvalue weighted by atomic mass is 10.4. The second-order valence-corrected chi connectivity index (χ2v) is 6.93. The zero-order valence-electron chi connectivity index (χ0n) is 12.4. The van der Waals surface area contributed by atoms with Crippen molar-refractivity contribution in [2.45, 2.75) is 17.9 Å². The van der Waals surface area contributed by atoms with Crippen LogP contribution in [0.25, 0.3) is 0 Å². The van der Waals surface area contributed by atoms with E-state index in [9.17, 15) is 18.0 Å². The van der Waals surface area contributed by atoms with E-state index in [1.807, 2.05) is 0 Å². The molecule has 0 unspecified atom stereocenters. The molecule has 0 saturated heterocycles. The molecule has 0 aliphatic carbocycles. The van der Waals surface area contributed by atoms with E-state index in [1.54, 1.807) is 18.2 Å². The van der Waals surface area contributed by atoms with Crippen LogP contribution in [0.5, 0.6) is 0 Å². The average Bonchev–Trinajstić information content (AvgIpc) is 2.56. The zero-order valence-corrected chi connectivity index (χ0v) is 13.2. The Labute approximate surface area is 133 Å². The summed E-state index contributed by atoms with van der Waals surface area (Å²) in [5.41, 5.74) is -0.256. The van der Waals surface area contributed by atoms with Gasteiger partial charge >= 0.3 is 0 Å². The van der Waals surface area contributed by atoms with Crippen LogP contribution in [0.4, 0.5) is 0 Å². The minimum Gasteiger partial charge on any atom is -0.354 e. The first-order chi connectivity index (χ1) is 11.0. The third kappa shape index (κ3) is 5.03. The number of carbonyl (C=O) groups is 1. The van der Waals surface area contributed by atoms with Crippen molar-refractivity contribution < 1.29 is 13.2 Å². The smallest absolute Gasteiger partial charge is 0.266 e. The van der Waals surface area contributed by atoms with Crippen LogP contribution in [0, 0.1) is 0 Å². The van der Waals surface area contributed by atoms with Crippen LogP contribution in [0.15, 0.2) is 58.4 Å². The molecule has 0 fully saturated rings. The fraction of sp³-hybridized carbons (Fsp3) is 0.267. The molecule has 8 heteroatoms. The molecule has 2 aromatic rings. The number of carbonyl (C=O) groups excluding carboxylic acids is 1.